The summed E-state index contributed by atoms with van der Waals surface area (Å²) in [6, 6.07) is 0. The van der Waals surface area contributed by atoms with Crippen LogP contribution in [0.3, 0.4) is 0 Å². The normalized spacial score (nSPS) is 17.2. The number of hydrogen-bond donors (Lipinski definition) is 1. The molecule has 126 valence electrons. The SMILES string of the molecule is Cl.Cn1cc(S(=O)(=O)N2CCC(CN)CC2)c(=O)n(C)c1=O. The van der Waals surface area contributed by atoms with Gasteiger partial charge in [0.05, 0.1) is 0 Å². The number of aromatic nitrogens is 2. The first-order valence-electron chi connectivity index (χ1n) is 6.76. The van der Waals surface area contributed by atoms with Crippen LogP contribution < -0.4 is 17.0 Å². The third-order valence-electron chi connectivity index (χ3n) is 3.94. The van der Waals surface area contributed by atoms with E-state index in [1.54, 1.807) is 0 Å². The van der Waals surface area contributed by atoms with Crippen molar-refractivity contribution in [2.45, 2.75) is 17.7 Å². The number of hydrogen-bond acceptors (Lipinski definition) is 5. The summed E-state index contributed by atoms with van der Waals surface area (Å²) >= 11 is 0. The highest BCUT2D eigenvalue weighted by atomic mass is 35.5. The van der Waals surface area contributed by atoms with E-state index in [0.29, 0.717) is 38.4 Å². The zero-order valence-electron chi connectivity index (χ0n) is 12.6. The van der Waals surface area contributed by atoms with E-state index in [1.807, 2.05) is 0 Å². The fourth-order valence-electron chi connectivity index (χ4n) is 2.48. The molecule has 1 saturated heterocycles. The van der Waals surface area contributed by atoms with Gasteiger partial charge in [-0.25, -0.2) is 13.2 Å². The van der Waals surface area contributed by atoms with E-state index in [-0.39, 0.29) is 17.3 Å². The number of rotatable bonds is 3. The molecule has 0 aromatic carbocycles. The predicted octanol–water partition coefficient (Wildman–Crippen LogP) is -1.13. The third kappa shape index (κ3) is 3.27. The van der Waals surface area contributed by atoms with Gasteiger partial charge in [-0.3, -0.25) is 9.36 Å². The van der Waals surface area contributed by atoms with E-state index in [4.69, 9.17) is 5.73 Å². The molecule has 1 aromatic rings. The second-order valence-corrected chi connectivity index (χ2v) is 7.24. The highest BCUT2D eigenvalue weighted by Gasteiger charge is 2.31. The lowest BCUT2D eigenvalue weighted by atomic mass is 9.99. The quantitative estimate of drug-likeness (QED) is 0.740. The van der Waals surface area contributed by atoms with Gasteiger partial charge in [0.15, 0.2) is 4.90 Å². The lowest BCUT2D eigenvalue weighted by Gasteiger charge is -2.30. The molecule has 2 heterocycles. The van der Waals surface area contributed by atoms with Crippen molar-refractivity contribution in [3.8, 4) is 0 Å². The van der Waals surface area contributed by atoms with Gasteiger partial charge >= 0.3 is 5.69 Å². The highest BCUT2D eigenvalue weighted by molar-refractivity contribution is 7.89. The standard InChI is InChI=1S/C12H20N4O4S.ClH/c1-14-8-10(11(17)15(2)12(14)18)21(19,20)16-5-3-9(7-13)4-6-16;/h8-9H,3-7,13H2,1-2H3;1H. The molecule has 1 aromatic heterocycles. The molecule has 0 aliphatic carbocycles. The maximum absolute atomic E-state index is 12.6. The molecular formula is C12H21ClN4O4S. The summed E-state index contributed by atoms with van der Waals surface area (Å²) in [6.45, 7) is 1.22. The molecule has 1 aliphatic heterocycles. The first kappa shape index (κ1) is 18.9. The molecule has 1 fully saturated rings. The molecule has 0 atom stereocenters. The zero-order chi connectivity index (χ0) is 15.8. The largest absolute Gasteiger partial charge is 0.330 e. The predicted molar refractivity (Wildman–Crippen MR) is 84.7 cm³/mol. The summed E-state index contributed by atoms with van der Waals surface area (Å²) in [7, 11) is -1.20. The van der Waals surface area contributed by atoms with Gasteiger partial charge in [-0.05, 0) is 25.3 Å². The van der Waals surface area contributed by atoms with Crippen LogP contribution in [0.5, 0.6) is 0 Å². The minimum Gasteiger partial charge on any atom is -0.330 e. The van der Waals surface area contributed by atoms with Gasteiger partial charge in [0.1, 0.15) is 0 Å². The molecule has 2 rings (SSSR count). The van der Waals surface area contributed by atoms with Crippen molar-refractivity contribution in [2.75, 3.05) is 19.6 Å². The van der Waals surface area contributed by atoms with Gasteiger partial charge in [-0.1, -0.05) is 0 Å². The van der Waals surface area contributed by atoms with Crippen molar-refractivity contribution in [3.63, 3.8) is 0 Å². The molecule has 0 amide bonds. The fraction of sp³-hybridized carbons (Fsp3) is 0.667. The Hall–Kier alpha value is -1.16. The van der Waals surface area contributed by atoms with Gasteiger partial charge in [-0.15, -0.1) is 12.4 Å². The Morgan fingerprint density at radius 3 is 2.27 bits per heavy atom. The summed E-state index contributed by atoms with van der Waals surface area (Å²) in [5.41, 5.74) is 4.24. The molecule has 22 heavy (non-hydrogen) atoms. The van der Waals surface area contributed by atoms with Crippen molar-refractivity contribution >= 4 is 22.4 Å². The second-order valence-electron chi connectivity index (χ2n) is 5.33. The van der Waals surface area contributed by atoms with Crippen LogP contribution in [0.4, 0.5) is 0 Å². The average molecular weight is 353 g/mol. The van der Waals surface area contributed by atoms with E-state index in [1.165, 1.54) is 18.4 Å². The van der Waals surface area contributed by atoms with Crippen molar-refractivity contribution in [2.24, 2.45) is 25.7 Å². The number of piperidine rings is 1. The molecule has 2 N–H and O–H groups in total. The van der Waals surface area contributed by atoms with Crippen molar-refractivity contribution in [3.05, 3.63) is 27.0 Å². The summed E-state index contributed by atoms with van der Waals surface area (Å²) in [5.74, 6) is 0.319. The van der Waals surface area contributed by atoms with Crippen LogP contribution in [0.1, 0.15) is 12.8 Å². The number of nitrogens with two attached hydrogens (primary N) is 1. The van der Waals surface area contributed by atoms with Crippen molar-refractivity contribution in [1.29, 1.82) is 0 Å². The highest BCUT2D eigenvalue weighted by Crippen LogP contribution is 2.21. The fourth-order valence-corrected chi connectivity index (χ4v) is 4.10. The molecule has 0 bridgehead atoms. The van der Waals surface area contributed by atoms with Gasteiger partial charge in [0.25, 0.3) is 5.56 Å². The van der Waals surface area contributed by atoms with Gasteiger partial charge in [0.2, 0.25) is 10.0 Å². The van der Waals surface area contributed by atoms with Crippen LogP contribution in [0.2, 0.25) is 0 Å². The zero-order valence-corrected chi connectivity index (χ0v) is 14.2. The lowest BCUT2D eigenvalue weighted by Crippen LogP contribution is -2.45. The summed E-state index contributed by atoms with van der Waals surface area (Å²) in [4.78, 5) is 23.3. The maximum atomic E-state index is 12.6. The van der Waals surface area contributed by atoms with Gasteiger partial charge < -0.3 is 10.3 Å². The van der Waals surface area contributed by atoms with Crippen LogP contribution in [-0.2, 0) is 24.1 Å². The number of aryl methyl sites for hydroxylation is 1. The number of halogens is 1. The minimum absolute atomic E-state index is 0. The van der Waals surface area contributed by atoms with Gasteiger partial charge in [0, 0.05) is 33.4 Å². The Labute approximate surface area is 135 Å². The topological polar surface area (TPSA) is 107 Å². The molecule has 1 aliphatic rings. The first-order chi connectivity index (χ1) is 9.78. The molecule has 0 radical (unpaired) electrons. The van der Waals surface area contributed by atoms with Crippen molar-refractivity contribution < 1.29 is 8.42 Å². The van der Waals surface area contributed by atoms with E-state index >= 15 is 0 Å². The summed E-state index contributed by atoms with van der Waals surface area (Å²) < 4.78 is 28.4. The van der Waals surface area contributed by atoms with Crippen LogP contribution in [0.15, 0.2) is 20.7 Å². The van der Waals surface area contributed by atoms with E-state index in [2.05, 4.69) is 0 Å². The Bertz CT molecular complexity index is 747. The van der Waals surface area contributed by atoms with E-state index < -0.39 is 21.3 Å². The second kappa shape index (κ2) is 6.95. The number of sulfonamides is 1. The molecule has 10 heteroatoms. The monoisotopic (exact) mass is 352 g/mol. The van der Waals surface area contributed by atoms with Crippen LogP contribution in [0, 0.1) is 5.92 Å². The number of nitrogens with zero attached hydrogens (tertiary/aromatic N) is 3. The molecule has 0 spiro atoms. The molecule has 8 nitrogen and oxygen atoms in total. The Morgan fingerprint density at radius 1 is 1.23 bits per heavy atom. The Balaban J connectivity index is 0.00000242. The maximum Gasteiger partial charge on any atom is 0.330 e. The van der Waals surface area contributed by atoms with Crippen molar-refractivity contribution in [1.82, 2.24) is 13.4 Å². The minimum atomic E-state index is -3.89. The molecule has 0 unspecified atom stereocenters. The molecular weight excluding hydrogens is 332 g/mol. The molecule has 0 saturated carbocycles. The van der Waals surface area contributed by atoms with Crippen LogP contribution in [-0.4, -0.2) is 41.5 Å². The van der Waals surface area contributed by atoms with E-state index in [0.717, 1.165) is 15.3 Å². The van der Waals surface area contributed by atoms with Crippen LogP contribution in [0.25, 0.3) is 0 Å². The summed E-state index contributed by atoms with van der Waals surface area (Å²) in [6.07, 6.45) is 2.46. The third-order valence-corrected chi connectivity index (χ3v) is 5.82. The van der Waals surface area contributed by atoms with E-state index in [9.17, 15) is 18.0 Å². The van der Waals surface area contributed by atoms with Crippen LogP contribution >= 0.6 is 12.4 Å². The average Bonchev–Trinajstić information content (AvgIpc) is 2.48. The van der Waals surface area contributed by atoms with Gasteiger partial charge in [-0.2, -0.15) is 4.31 Å². The Kier molecular flexibility index (Phi) is 5.96. The lowest BCUT2D eigenvalue weighted by molar-refractivity contribution is 0.278. The smallest absolute Gasteiger partial charge is 0.330 e. The Morgan fingerprint density at radius 2 is 1.77 bits per heavy atom. The summed E-state index contributed by atoms with van der Waals surface area (Å²) in [5, 5.41) is 0. The first-order valence-corrected chi connectivity index (χ1v) is 8.20.